The summed E-state index contributed by atoms with van der Waals surface area (Å²) in [5.74, 6) is -0.0387. The Morgan fingerprint density at radius 2 is 2.13 bits per heavy atom. The third-order valence-electron chi connectivity index (χ3n) is 6.54. The minimum atomic E-state index is -3.53. The van der Waals surface area contributed by atoms with Crippen LogP contribution in [-0.2, 0) is 23.4 Å². The first kappa shape index (κ1) is 27.0. The van der Waals surface area contributed by atoms with Gasteiger partial charge in [0.25, 0.3) is 5.56 Å². The smallest absolute Gasteiger partial charge is 0.327 e. The number of aromatic amines is 1. The number of aliphatic hydroxyl groups is 2. The maximum absolute atomic E-state index is 13.2. The van der Waals surface area contributed by atoms with Gasteiger partial charge in [-0.15, -0.1) is 0 Å². The van der Waals surface area contributed by atoms with Gasteiger partial charge in [0.15, 0.2) is 17.4 Å². The molecular weight excluding hydrogens is 537 g/mol. The quantitative estimate of drug-likeness (QED) is 0.240. The van der Waals surface area contributed by atoms with Crippen LogP contribution in [0.2, 0.25) is 0 Å². The number of fused-ring (bicyclic) bond motifs is 1. The van der Waals surface area contributed by atoms with Gasteiger partial charge in [0.2, 0.25) is 0 Å². The fourth-order valence-corrected chi connectivity index (χ4v) is 8.32. The molecule has 4 unspecified atom stereocenters. The molecule has 4 N–H and O–H groups in total. The predicted octanol–water partition coefficient (Wildman–Crippen LogP) is 1.57. The van der Waals surface area contributed by atoms with Gasteiger partial charge in [-0.2, -0.15) is 0 Å². The van der Waals surface area contributed by atoms with E-state index in [1.165, 1.54) is 17.8 Å². The van der Waals surface area contributed by atoms with Gasteiger partial charge < -0.3 is 29.2 Å². The second kappa shape index (κ2) is 10.2. The summed E-state index contributed by atoms with van der Waals surface area (Å²) in [7, 11) is 0. The van der Waals surface area contributed by atoms with E-state index in [0.29, 0.717) is 5.82 Å². The van der Waals surface area contributed by atoms with Crippen LogP contribution in [0.5, 0.6) is 0 Å². The lowest BCUT2D eigenvalue weighted by molar-refractivity contribution is -0.150. The molecule has 2 saturated heterocycles. The highest BCUT2D eigenvalue weighted by Gasteiger charge is 2.54. The summed E-state index contributed by atoms with van der Waals surface area (Å²) in [6, 6.07) is 8.41. The number of hydrogen-bond donors (Lipinski definition) is 4. The molecule has 13 nitrogen and oxygen atoms in total. The van der Waals surface area contributed by atoms with Crippen molar-refractivity contribution in [2.45, 2.75) is 57.0 Å². The van der Waals surface area contributed by atoms with Crippen LogP contribution in [0.4, 0.5) is 0 Å². The summed E-state index contributed by atoms with van der Waals surface area (Å²) in [6.45, 7) is 0.858. The maximum atomic E-state index is 13.2. The number of carbonyl (C=O) groups excluding carboxylic acids is 1. The number of ether oxygens (including phenoxy) is 2. The van der Waals surface area contributed by atoms with Crippen molar-refractivity contribution < 1.29 is 33.6 Å². The zero-order valence-electron chi connectivity index (χ0n) is 20.8. The minimum Gasteiger partial charge on any atom is -0.457 e. The molecule has 38 heavy (non-hydrogen) atoms. The van der Waals surface area contributed by atoms with Crippen molar-refractivity contribution in [3.8, 4) is 0 Å². The first-order valence-corrected chi connectivity index (χ1v) is 15.1. The van der Waals surface area contributed by atoms with Gasteiger partial charge >= 0.3 is 12.7 Å². The van der Waals surface area contributed by atoms with Gasteiger partial charge in [-0.1, -0.05) is 41.7 Å². The Morgan fingerprint density at radius 1 is 1.39 bits per heavy atom. The SMILES string of the molecule is Cc1nc2c(ncn2C2O[C@H](COP3(=O)NC(C(=O)OC(C)c4ccccc4)CS3)[C@@H](O)[C@@]2(C)O)c(=O)[nH]1. The second-order valence-electron chi connectivity index (χ2n) is 9.43. The third-order valence-corrected chi connectivity index (χ3v) is 10.6. The summed E-state index contributed by atoms with van der Waals surface area (Å²) in [5, 5.41) is 24.6. The molecule has 7 atom stereocenters. The molecular formula is C23H28N5O8PS. The minimum absolute atomic E-state index is 0.0553. The molecule has 0 amide bonds. The lowest BCUT2D eigenvalue weighted by atomic mass is 9.96. The van der Waals surface area contributed by atoms with Gasteiger partial charge in [-0.3, -0.25) is 18.7 Å². The van der Waals surface area contributed by atoms with Gasteiger partial charge in [0, 0.05) is 5.75 Å². The van der Waals surface area contributed by atoms with Crippen LogP contribution in [0.25, 0.3) is 11.2 Å². The van der Waals surface area contributed by atoms with Gasteiger partial charge in [0.05, 0.1) is 12.9 Å². The number of esters is 1. The molecule has 0 aliphatic carbocycles. The molecule has 0 radical (unpaired) electrons. The van der Waals surface area contributed by atoms with E-state index in [9.17, 15) is 24.4 Å². The molecule has 3 aromatic rings. The van der Waals surface area contributed by atoms with Crippen molar-refractivity contribution in [2.24, 2.45) is 0 Å². The summed E-state index contributed by atoms with van der Waals surface area (Å²) >= 11 is 0.950. The summed E-state index contributed by atoms with van der Waals surface area (Å²) in [5.41, 5.74) is -1.19. The number of benzene rings is 1. The topological polar surface area (TPSA) is 178 Å². The molecule has 15 heteroatoms. The highest BCUT2D eigenvalue weighted by atomic mass is 32.7. The standard InChI is InChI=1S/C23H28N5O8PS/c1-12(14-7-5-4-6-8-14)35-21(31)15-10-38-37(33,27-15)34-9-16-18(29)23(3,32)22(36-16)28-11-24-17-19(28)25-13(2)26-20(17)30/h4-8,11-12,15-16,18,22,29,32H,9-10H2,1-3H3,(H,27,33)(H,25,26,30)/t12?,15?,16-,18-,22?,23-,37?/m1/s1. The molecule has 2 fully saturated rings. The highest BCUT2D eigenvalue weighted by molar-refractivity contribution is 8.56. The zero-order valence-corrected chi connectivity index (χ0v) is 22.5. The summed E-state index contributed by atoms with van der Waals surface area (Å²) in [6.07, 6.45) is -2.85. The second-order valence-corrected chi connectivity index (χ2v) is 13.8. The van der Waals surface area contributed by atoms with E-state index in [1.54, 1.807) is 13.8 Å². The summed E-state index contributed by atoms with van der Waals surface area (Å²) in [4.78, 5) is 35.7. The fraction of sp³-hybridized carbons (Fsp3) is 0.478. The number of aliphatic hydroxyl groups excluding tert-OH is 1. The van der Waals surface area contributed by atoms with E-state index in [0.717, 1.165) is 16.9 Å². The molecule has 5 rings (SSSR count). The van der Waals surface area contributed by atoms with Gasteiger partial charge in [0.1, 0.15) is 35.8 Å². The Bertz CT molecular complexity index is 1450. The molecule has 2 aromatic heterocycles. The number of nitrogens with one attached hydrogen (secondary N) is 2. The normalized spacial score (nSPS) is 32.0. The first-order chi connectivity index (χ1) is 18.0. The van der Waals surface area contributed by atoms with E-state index in [4.69, 9.17) is 14.0 Å². The number of nitrogens with zero attached hydrogens (tertiary/aromatic N) is 3. The van der Waals surface area contributed by atoms with Gasteiger partial charge in [-0.05, 0) is 26.3 Å². The molecule has 4 heterocycles. The Kier molecular flexibility index (Phi) is 7.24. The lowest BCUT2D eigenvalue weighted by Gasteiger charge is -2.27. The van der Waals surface area contributed by atoms with Crippen molar-refractivity contribution >= 4 is 35.2 Å². The monoisotopic (exact) mass is 565 g/mol. The predicted molar refractivity (Wildman–Crippen MR) is 137 cm³/mol. The van der Waals surface area contributed by atoms with Crippen LogP contribution >= 0.6 is 18.1 Å². The highest BCUT2D eigenvalue weighted by Crippen LogP contribution is 2.61. The Balaban J connectivity index is 1.23. The van der Waals surface area contributed by atoms with E-state index in [1.807, 2.05) is 30.3 Å². The number of hydrogen-bond acceptors (Lipinski definition) is 11. The Labute approximate surface area is 221 Å². The van der Waals surface area contributed by atoms with E-state index < -0.39 is 54.4 Å². The molecule has 1 aromatic carbocycles. The number of rotatable bonds is 7. The molecule has 0 spiro atoms. The molecule has 204 valence electrons. The number of aryl methyl sites for hydroxylation is 1. The van der Waals surface area contributed by atoms with E-state index in [2.05, 4.69) is 20.0 Å². The zero-order chi connectivity index (χ0) is 27.2. The average Bonchev–Trinajstić information content (AvgIpc) is 3.54. The molecule has 0 bridgehead atoms. The van der Waals surface area contributed by atoms with E-state index in [-0.39, 0.29) is 23.5 Å². The van der Waals surface area contributed by atoms with Crippen molar-refractivity contribution in [1.29, 1.82) is 0 Å². The largest absolute Gasteiger partial charge is 0.457 e. The third kappa shape index (κ3) is 5.05. The lowest BCUT2D eigenvalue weighted by Crippen LogP contribution is -2.44. The van der Waals surface area contributed by atoms with Crippen LogP contribution in [0.3, 0.4) is 0 Å². The van der Waals surface area contributed by atoms with Crippen LogP contribution in [0.15, 0.2) is 41.5 Å². The number of carbonyl (C=O) groups is 1. The van der Waals surface area contributed by atoms with Crippen LogP contribution < -0.4 is 10.6 Å². The Hall–Kier alpha value is -2.58. The van der Waals surface area contributed by atoms with Gasteiger partial charge in [-0.25, -0.2) is 15.1 Å². The van der Waals surface area contributed by atoms with E-state index >= 15 is 0 Å². The van der Waals surface area contributed by atoms with Crippen molar-refractivity contribution in [3.05, 3.63) is 58.4 Å². The van der Waals surface area contributed by atoms with Crippen LogP contribution in [0, 0.1) is 6.92 Å². The number of aromatic nitrogens is 4. The van der Waals surface area contributed by atoms with Crippen LogP contribution in [-0.4, -0.2) is 71.9 Å². The van der Waals surface area contributed by atoms with Crippen molar-refractivity contribution in [2.75, 3.05) is 12.4 Å². The van der Waals surface area contributed by atoms with Crippen LogP contribution in [0.1, 0.15) is 37.6 Å². The maximum Gasteiger partial charge on any atom is 0.327 e. The molecule has 0 saturated carbocycles. The van der Waals surface area contributed by atoms with Crippen molar-refractivity contribution in [1.82, 2.24) is 24.6 Å². The first-order valence-electron chi connectivity index (χ1n) is 11.9. The fourth-order valence-electron chi connectivity index (χ4n) is 4.44. The summed E-state index contributed by atoms with van der Waals surface area (Å²) < 4.78 is 31.6. The number of imidazole rings is 1. The average molecular weight is 566 g/mol. The number of H-pyrrole nitrogens is 1. The molecule has 2 aliphatic rings. The van der Waals surface area contributed by atoms with Crippen molar-refractivity contribution in [3.63, 3.8) is 0 Å². The Morgan fingerprint density at radius 3 is 2.87 bits per heavy atom. The molecule has 2 aliphatic heterocycles.